The zero-order chi connectivity index (χ0) is 16.2. The summed E-state index contributed by atoms with van der Waals surface area (Å²) in [6.45, 7) is 8.91. The molecular formula is C17H31NO4. The summed E-state index contributed by atoms with van der Waals surface area (Å²) >= 11 is 0. The molecule has 5 nitrogen and oxygen atoms in total. The predicted octanol–water partition coefficient (Wildman–Crippen LogP) is 3.08. The van der Waals surface area contributed by atoms with Crippen molar-refractivity contribution in [2.75, 3.05) is 33.4 Å². The zero-order valence-electron chi connectivity index (χ0n) is 14.5. The molecule has 5 heteroatoms. The number of nitrogens with zero attached hydrogens (tertiary/aromatic N) is 1. The third kappa shape index (κ3) is 5.13. The number of methoxy groups -OCH3 is 1. The Hall–Kier alpha value is -0.810. The van der Waals surface area contributed by atoms with Crippen LogP contribution in [0.5, 0.6) is 0 Å². The Bertz CT molecular complexity index is 358. The van der Waals surface area contributed by atoms with Crippen LogP contribution in [0.2, 0.25) is 0 Å². The third-order valence-electron chi connectivity index (χ3n) is 4.65. The van der Waals surface area contributed by atoms with Gasteiger partial charge in [-0.2, -0.15) is 0 Å². The highest BCUT2D eigenvalue weighted by atomic mass is 16.6. The van der Waals surface area contributed by atoms with E-state index >= 15 is 0 Å². The fourth-order valence-corrected chi connectivity index (χ4v) is 3.39. The van der Waals surface area contributed by atoms with Gasteiger partial charge in [0.05, 0.1) is 12.7 Å². The summed E-state index contributed by atoms with van der Waals surface area (Å²) in [4.78, 5) is 13.9. The Morgan fingerprint density at radius 1 is 1.23 bits per heavy atom. The lowest BCUT2D eigenvalue weighted by molar-refractivity contribution is -0.0729. The van der Waals surface area contributed by atoms with Gasteiger partial charge in [0.15, 0.2) is 0 Å². The third-order valence-corrected chi connectivity index (χ3v) is 4.65. The lowest BCUT2D eigenvalue weighted by Crippen LogP contribution is -2.43. The molecule has 2 saturated heterocycles. The van der Waals surface area contributed by atoms with Crippen LogP contribution in [0.15, 0.2) is 0 Å². The maximum absolute atomic E-state index is 12.1. The summed E-state index contributed by atoms with van der Waals surface area (Å²) in [7, 11) is 1.78. The van der Waals surface area contributed by atoms with E-state index < -0.39 is 5.60 Å². The first-order chi connectivity index (χ1) is 10.4. The number of rotatable bonds is 3. The van der Waals surface area contributed by atoms with Crippen LogP contribution in [0.1, 0.15) is 46.5 Å². The normalized spacial score (nSPS) is 27.7. The number of likely N-dealkylation sites (tertiary alicyclic amines) is 1. The minimum absolute atomic E-state index is 0.174. The summed E-state index contributed by atoms with van der Waals surface area (Å²) in [6.07, 6.45) is 4.46. The van der Waals surface area contributed by atoms with Gasteiger partial charge < -0.3 is 19.1 Å². The summed E-state index contributed by atoms with van der Waals surface area (Å²) in [5.41, 5.74) is -0.415. The molecule has 2 atom stereocenters. The molecule has 0 aliphatic carbocycles. The highest BCUT2D eigenvalue weighted by molar-refractivity contribution is 5.68. The number of carbonyl (C=O) groups is 1. The van der Waals surface area contributed by atoms with E-state index in [1.807, 2.05) is 25.7 Å². The van der Waals surface area contributed by atoms with Gasteiger partial charge in [0.25, 0.3) is 0 Å². The molecule has 0 N–H and O–H groups in total. The SMILES string of the molecule is COC1COCCC1CC1CCN(C(=O)OC(C)(C)C)CC1. The fraction of sp³-hybridized carbons (Fsp3) is 0.941. The van der Waals surface area contributed by atoms with Crippen LogP contribution in [-0.4, -0.2) is 56.1 Å². The van der Waals surface area contributed by atoms with E-state index in [9.17, 15) is 4.79 Å². The summed E-state index contributed by atoms with van der Waals surface area (Å²) in [5.74, 6) is 1.27. The molecule has 0 aromatic carbocycles. The molecule has 2 aliphatic heterocycles. The molecule has 2 fully saturated rings. The lowest BCUT2D eigenvalue weighted by atomic mass is 9.82. The van der Waals surface area contributed by atoms with Gasteiger partial charge in [-0.3, -0.25) is 0 Å². The second kappa shape index (κ2) is 7.64. The molecule has 0 bridgehead atoms. The van der Waals surface area contributed by atoms with Gasteiger partial charge in [0, 0.05) is 26.8 Å². The van der Waals surface area contributed by atoms with Crippen molar-refractivity contribution in [3.63, 3.8) is 0 Å². The Labute approximate surface area is 134 Å². The van der Waals surface area contributed by atoms with Gasteiger partial charge in [0.2, 0.25) is 0 Å². The summed E-state index contributed by atoms with van der Waals surface area (Å²) in [5, 5.41) is 0. The summed E-state index contributed by atoms with van der Waals surface area (Å²) in [6, 6.07) is 0. The van der Waals surface area contributed by atoms with Crippen LogP contribution in [0.4, 0.5) is 4.79 Å². The molecule has 0 aromatic heterocycles. The Morgan fingerprint density at radius 3 is 2.50 bits per heavy atom. The summed E-state index contributed by atoms with van der Waals surface area (Å²) < 4.78 is 16.5. The van der Waals surface area contributed by atoms with Crippen molar-refractivity contribution in [2.45, 2.75) is 58.2 Å². The van der Waals surface area contributed by atoms with E-state index in [-0.39, 0.29) is 12.2 Å². The molecule has 2 aliphatic rings. The number of piperidine rings is 1. The van der Waals surface area contributed by atoms with Gasteiger partial charge in [-0.05, 0) is 58.3 Å². The minimum atomic E-state index is -0.415. The van der Waals surface area contributed by atoms with Gasteiger partial charge >= 0.3 is 6.09 Å². The molecule has 2 unspecified atom stereocenters. The lowest BCUT2D eigenvalue weighted by Gasteiger charge is -2.37. The van der Waals surface area contributed by atoms with Crippen LogP contribution in [0, 0.1) is 11.8 Å². The molecule has 0 spiro atoms. The van der Waals surface area contributed by atoms with E-state index in [2.05, 4.69) is 0 Å². The van der Waals surface area contributed by atoms with Crippen molar-refractivity contribution < 1.29 is 19.0 Å². The molecular weight excluding hydrogens is 282 g/mol. The molecule has 22 heavy (non-hydrogen) atoms. The van der Waals surface area contributed by atoms with Crippen LogP contribution in [0.3, 0.4) is 0 Å². The molecule has 2 rings (SSSR count). The Morgan fingerprint density at radius 2 is 1.91 bits per heavy atom. The highest BCUT2D eigenvalue weighted by Gasteiger charge is 2.31. The smallest absolute Gasteiger partial charge is 0.410 e. The monoisotopic (exact) mass is 313 g/mol. The molecule has 1 amide bonds. The first-order valence-corrected chi connectivity index (χ1v) is 8.47. The van der Waals surface area contributed by atoms with Crippen LogP contribution < -0.4 is 0 Å². The van der Waals surface area contributed by atoms with E-state index in [0.717, 1.165) is 45.6 Å². The van der Waals surface area contributed by atoms with Crippen molar-refractivity contribution >= 4 is 6.09 Å². The second-order valence-corrected chi connectivity index (χ2v) is 7.54. The standard InChI is InChI=1S/C17H31NO4/c1-17(2,3)22-16(19)18-8-5-13(6-9-18)11-14-7-10-21-12-15(14)20-4/h13-15H,5-12H2,1-4H3. The quantitative estimate of drug-likeness (QED) is 0.803. The minimum Gasteiger partial charge on any atom is -0.444 e. The number of amides is 1. The average molecular weight is 313 g/mol. The van der Waals surface area contributed by atoms with Crippen molar-refractivity contribution in [3.8, 4) is 0 Å². The Balaban J connectivity index is 1.76. The zero-order valence-corrected chi connectivity index (χ0v) is 14.5. The van der Waals surface area contributed by atoms with Gasteiger partial charge in [-0.15, -0.1) is 0 Å². The van der Waals surface area contributed by atoms with Crippen molar-refractivity contribution in [1.82, 2.24) is 4.90 Å². The van der Waals surface area contributed by atoms with Crippen molar-refractivity contribution in [2.24, 2.45) is 11.8 Å². The molecule has 0 saturated carbocycles. The second-order valence-electron chi connectivity index (χ2n) is 7.54. The van der Waals surface area contributed by atoms with Gasteiger partial charge in [-0.1, -0.05) is 0 Å². The van der Waals surface area contributed by atoms with Gasteiger partial charge in [0.1, 0.15) is 5.60 Å². The van der Waals surface area contributed by atoms with E-state index in [1.54, 1.807) is 7.11 Å². The topological polar surface area (TPSA) is 48.0 Å². The van der Waals surface area contributed by atoms with Crippen LogP contribution in [-0.2, 0) is 14.2 Å². The fourth-order valence-electron chi connectivity index (χ4n) is 3.39. The maximum atomic E-state index is 12.1. The number of hydrogen-bond donors (Lipinski definition) is 0. The molecule has 0 aromatic rings. The van der Waals surface area contributed by atoms with Crippen molar-refractivity contribution in [1.29, 1.82) is 0 Å². The number of ether oxygens (including phenoxy) is 3. The highest BCUT2D eigenvalue weighted by Crippen LogP contribution is 2.31. The van der Waals surface area contributed by atoms with E-state index in [0.29, 0.717) is 11.8 Å². The number of hydrogen-bond acceptors (Lipinski definition) is 4. The van der Waals surface area contributed by atoms with E-state index in [4.69, 9.17) is 14.2 Å². The van der Waals surface area contributed by atoms with E-state index in [1.165, 1.54) is 6.42 Å². The molecule has 128 valence electrons. The van der Waals surface area contributed by atoms with Crippen LogP contribution >= 0.6 is 0 Å². The first kappa shape index (κ1) is 17.5. The maximum Gasteiger partial charge on any atom is 0.410 e. The van der Waals surface area contributed by atoms with Crippen molar-refractivity contribution in [3.05, 3.63) is 0 Å². The van der Waals surface area contributed by atoms with Gasteiger partial charge in [-0.25, -0.2) is 4.79 Å². The number of carbonyl (C=O) groups excluding carboxylic acids is 1. The predicted molar refractivity (Wildman–Crippen MR) is 84.9 cm³/mol. The molecule has 2 heterocycles. The average Bonchev–Trinajstić information content (AvgIpc) is 2.47. The largest absolute Gasteiger partial charge is 0.444 e. The Kier molecular flexibility index (Phi) is 6.09. The molecule has 0 radical (unpaired) electrons. The first-order valence-electron chi connectivity index (χ1n) is 8.47. The van der Waals surface area contributed by atoms with Crippen LogP contribution in [0.25, 0.3) is 0 Å².